The lowest BCUT2D eigenvalue weighted by atomic mass is 10.1. The van der Waals surface area contributed by atoms with Crippen molar-refractivity contribution >= 4 is 37.7 Å². The molecule has 4 nitrogen and oxygen atoms in total. The first-order valence-corrected chi connectivity index (χ1v) is 9.71. The van der Waals surface area contributed by atoms with Crippen LogP contribution in [0.4, 0.5) is 0 Å². The van der Waals surface area contributed by atoms with Gasteiger partial charge >= 0.3 is 0 Å². The van der Waals surface area contributed by atoms with Gasteiger partial charge in [0.2, 0.25) is 0 Å². The van der Waals surface area contributed by atoms with E-state index in [1.165, 1.54) is 4.31 Å². The van der Waals surface area contributed by atoms with E-state index >= 15 is 0 Å². The molecule has 1 atom stereocenters. The zero-order valence-electron chi connectivity index (χ0n) is 12.0. The highest BCUT2D eigenvalue weighted by atomic mass is 79.9. The highest BCUT2D eigenvalue weighted by Crippen LogP contribution is 2.24. The van der Waals surface area contributed by atoms with Gasteiger partial charge in [-0.1, -0.05) is 34.5 Å². The van der Waals surface area contributed by atoms with Crippen molar-refractivity contribution in [3.05, 3.63) is 34.3 Å². The number of rotatable bonds is 5. The maximum atomic E-state index is 12.7. The maximum absolute atomic E-state index is 12.7. The quantitative estimate of drug-likeness (QED) is 0.718. The second-order valence-corrected chi connectivity index (χ2v) is 8.52. The minimum atomic E-state index is -3.47. The van der Waals surface area contributed by atoms with Crippen molar-refractivity contribution in [2.24, 2.45) is 0 Å². The summed E-state index contributed by atoms with van der Waals surface area (Å²) < 4.78 is 29.4. The molecule has 0 N–H and O–H groups in total. The van der Waals surface area contributed by atoms with Gasteiger partial charge < -0.3 is 0 Å². The van der Waals surface area contributed by atoms with E-state index in [0.29, 0.717) is 19.0 Å². The van der Waals surface area contributed by atoms with Gasteiger partial charge in [-0.3, -0.25) is 0 Å². The predicted molar refractivity (Wildman–Crippen MR) is 89.6 cm³/mol. The van der Waals surface area contributed by atoms with Crippen molar-refractivity contribution in [1.82, 2.24) is 8.61 Å². The minimum Gasteiger partial charge on any atom is -0.195 e. The molecule has 1 unspecified atom stereocenters. The maximum Gasteiger partial charge on any atom is 0.282 e. The van der Waals surface area contributed by atoms with E-state index in [0.717, 1.165) is 29.3 Å². The van der Waals surface area contributed by atoms with Crippen molar-refractivity contribution in [1.29, 1.82) is 0 Å². The average Bonchev–Trinajstić information content (AvgIpc) is 2.47. The summed E-state index contributed by atoms with van der Waals surface area (Å²) in [7, 11) is -1.85. The van der Waals surface area contributed by atoms with Gasteiger partial charge in [0.1, 0.15) is 0 Å². The van der Waals surface area contributed by atoms with Crippen LogP contribution in [0.2, 0.25) is 0 Å². The molecule has 0 spiro atoms. The van der Waals surface area contributed by atoms with Crippen LogP contribution in [0.25, 0.3) is 0 Å². The molecule has 7 heteroatoms. The van der Waals surface area contributed by atoms with Gasteiger partial charge in [-0.2, -0.15) is 17.0 Å². The molecule has 21 heavy (non-hydrogen) atoms. The molecule has 1 aliphatic heterocycles. The standard InChI is InChI=1S/C14H20BrClN2O2S/c1-17(11-12-5-4-6-13(15)9-12)21(19,20)18-8-3-2-7-14(18)10-16/h4-6,9,14H,2-3,7-8,10-11H2,1H3. The van der Waals surface area contributed by atoms with E-state index in [-0.39, 0.29) is 6.04 Å². The van der Waals surface area contributed by atoms with E-state index in [9.17, 15) is 8.42 Å². The number of nitrogens with zero attached hydrogens (tertiary/aromatic N) is 2. The van der Waals surface area contributed by atoms with Gasteiger partial charge in [-0.05, 0) is 30.5 Å². The fraction of sp³-hybridized carbons (Fsp3) is 0.571. The van der Waals surface area contributed by atoms with Gasteiger partial charge in [-0.15, -0.1) is 11.6 Å². The van der Waals surface area contributed by atoms with Crippen LogP contribution in [0.3, 0.4) is 0 Å². The first-order chi connectivity index (χ1) is 9.95. The van der Waals surface area contributed by atoms with Crippen LogP contribution in [-0.2, 0) is 16.8 Å². The third-order valence-corrected chi connectivity index (χ3v) is 6.58. The number of halogens is 2. The number of piperidine rings is 1. The average molecular weight is 396 g/mol. The van der Waals surface area contributed by atoms with E-state index in [4.69, 9.17) is 11.6 Å². The predicted octanol–water partition coefficient (Wildman–Crippen LogP) is 3.22. The molecule has 1 aromatic carbocycles. The Kier molecular flexibility index (Phi) is 6.08. The van der Waals surface area contributed by atoms with Crippen LogP contribution < -0.4 is 0 Å². The van der Waals surface area contributed by atoms with E-state index < -0.39 is 10.2 Å². The van der Waals surface area contributed by atoms with Gasteiger partial charge in [0.05, 0.1) is 0 Å². The zero-order chi connectivity index (χ0) is 15.5. The third kappa shape index (κ3) is 4.20. The van der Waals surface area contributed by atoms with Crippen LogP contribution in [-0.4, -0.2) is 42.5 Å². The molecule has 1 aromatic rings. The number of alkyl halides is 1. The molecule has 1 saturated heterocycles. The summed E-state index contributed by atoms with van der Waals surface area (Å²) in [5, 5.41) is 0. The van der Waals surface area contributed by atoms with E-state index in [1.807, 2.05) is 24.3 Å². The van der Waals surface area contributed by atoms with Crippen LogP contribution in [0.15, 0.2) is 28.7 Å². The largest absolute Gasteiger partial charge is 0.282 e. The molecular formula is C14H20BrClN2O2S. The first-order valence-electron chi connectivity index (χ1n) is 6.98. The number of hydrogen-bond acceptors (Lipinski definition) is 2. The summed E-state index contributed by atoms with van der Waals surface area (Å²) in [4.78, 5) is 0. The van der Waals surface area contributed by atoms with Crippen molar-refractivity contribution in [3.8, 4) is 0 Å². The number of benzene rings is 1. The van der Waals surface area contributed by atoms with Gasteiger partial charge in [0, 0.05) is 36.5 Å². The molecule has 1 heterocycles. The summed E-state index contributed by atoms with van der Waals surface area (Å²) in [6, 6.07) is 7.59. The molecule has 0 amide bonds. The summed E-state index contributed by atoms with van der Waals surface area (Å²) >= 11 is 9.34. The SMILES string of the molecule is CN(Cc1cccc(Br)c1)S(=O)(=O)N1CCCCC1CCl. The van der Waals surface area contributed by atoms with Crippen LogP contribution in [0.1, 0.15) is 24.8 Å². The van der Waals surface area contributed by atoms with Crippen molar-refractivity contribution < 1.29 is 8.42 Å². The molecule has 0 bridgehead atoms. The topological polar surface area (TPSA) is 40.6 Å². The monoisotopic (exact) mass is 394 g/mol. The lowest BCUT2D eigenvalue weighted by Gasteiger charge is -2.36. The van der Waals surface area contributed by atoms with Gasteiger partial charge in [0.25, 0.3) is 10.2 Å². The Bertz CT molecular complexity index is 582. The Labute approximate surface area is 140 Å². The van der Waals surface area contributed by atoms with Crippen molar-refractivity contribution in [2.75, 3.05) is 19.5 Å². The van der Waals surface area contributed by atoms with Crippen LogP contribution in [0.5, 0.6) is 0 Å². The molecule has 0 aliphatic carbocycles. The second-order valence-electron chi connectivity index (χ2n) is 5.31. The highest BCUT2D eigenvalue weighted by Gasteiger charge is 2.34. The smallest absolute Gasteiger partial charge is 0.195 e. The Balaban J connectivity index is 2.14. The molecule has 118 valence electrons. The Hall–Kier alpha value is -0.140. The number of hydrogen-bond donors (Lipinski definition) is 0. The Morgan fingerprint density at radius 1 is 1.43 bits per heavy atom. The summed E-state index contributed by atoms with van der Waals surface area (Å²) in [6.45, 7) is 0.913. The van der Waals surface area contributed by atoms with Crippen molar-refractivity contribution in [2.45, 2.75) is 31.8 Å². The molecule has 0 aromatic heterocycles. The van der Waals surface area contributed by atoms with Crippen LogP contribution in [0, 0.1) is 0 Å². The van der Waals surface area contributed by atoms with Crippen LogP contribution >= 0.6 is 27.5 Å². The fourth-order valence-corrected chi connectivity index (χ4v) is 5.02. The Morgan fingerprint density at radius 3 is 2.86 bits per heavy atom. The van der Waals surface area contributed by atoms with Crippen molar-refractivity contribution in [3.63, 3.8) is 0 Å². The summed E-state index contributed by atoms with van der Waals surface area (Å²) in [5.74, 6) is 0.351. The second kappa shape index (κ2) is 7.42. The molecule has 2 rings (SSSR count). The molecule has 0 saturated carbocycles. The summed E-state index contributed by atoms with van der Waals surface area (Å²) in [5.41, 5.74) is 0.954. The van der Waals surface area contributed by atoms with E-state index in [1.54, 1.807) is 11.4 Å². The lowest BCUT2D eigenvalue weighted by molar-refractivity contribution is 0.251. The molecular weight excluding hydrogens is 376 g/mol. The molecule has 1 aliphatic rings. The fourth-order valence-electron chi connectivity index (χ4n) is 2.59. The third-order valence-electron chi connectivity index (χ3n) is 3.74. The minimum absolute atomic E-state index is 0.0876. The highest BCUT2D eigenvalue weighted by molar-refractivity contribution is 9.10. The zero-order valence-corrected chi connectivity index (χ0v) is 15.2. The van der Waals surface area contributed by atoms with E-state index in [2.05, 4.69) is 15.9 Å². The first kappa shape index (κ1) is 17.2. The molecule has 1 fully saturated rings. The lowest BCUT2D eigenvalue weighted by Crippen LogP contribution is -2.50. The molecule has 0 radical (unpaired) electrons. The Morgan fingerprint density at radius 2 is 2.19 bits per heavy atom. The van der Waals surface area contributed by atoms with Gasteiger partial charge in [0.15, 0.2) is 0 Å². The van der Waals surface area contributed by atoms with Gasteiger partial charge in [-0.25, -0.2) is 0 Å². The normalized spacial score (nSPS) is 20.9. The summed E-state index contributed by atoms with van der Waals surface area (Å²) in [6.07, 6.45) is 2.78.